The maximum Gasteiger partial charge on any atom is 0.237 e. The summed E-state index contributed by atoms with van der Waals surface area (Å²) in [6.45, 7) is 4.26. The number of methoxy groups -OCH3 is 1. The molecule has 2 aromatic rings. The molecule has 0 fully saturated rings. The van der Waals surface area contributed by atoms with E-state index in [4.69, 9.17) is 10.5 Å². The van der Waals surface area contributed by atoms with Gasteiger partial charge in [-0.05, 0) is 31.9 Å². The van der Waals surface area contributed by atoms with Crippen LogP contribution in [0.1, 0.15) is 19.4 Å². The van der Waals surface area contributed by atoms with E-state index in [1.165, 1.54) is 0 Å². The number of aromatic amines is 1. The summed E-state index contributed by atoms with van der Waals surface area (Å²) in [5.74, 6) is -0.162. The third kappa shape index (κ3) is 3.83. The molecule has 2 rings (SSSR count). The molecule has 114 valence electrons. The maximum absolute atomic E-state index is 12.1. The lowest BCUT2D eigenvalue weighted by Crippen LogP contribution is -2.47. The number of ether oxygens (including phenoxy) is 1. The molecule has 1 heterocycles. The quantitative estimate of drug-likeness (QED) is 0.755. The molecular formula is C16H23N3O2. The first-order valence-corrected chi connectivity index (χ1v) is 7.06. The highest BCUT2D eigenvalue weighted by Gasteiger charge is 2.21. The molecule has 0 aliphatic carbocycles. The normalized spacial score (nSPS) is 13.3. The van der Waals surface area contributed by atoms with Gasteiger partial charge >= 0.3 is 0 Å². The number of nitrogens with one attached hydrogen (secondary N) is 2. The Balaban J connectivity index is 1.98. The lowest BCUT2D eigenvalue weighted by Gasteiger charge is -2.24. The Morgan fingerprint density at radius 3 is 2.86 bits per heavy atom. The predicted octanol–water partition coefficient (Wildman–Crippen LogP) is 1.58. The molecule has 21 heavy (non-hydrogen) atoms. The fourth-order valence-corrected chi connectivity index (χ4v) is 2.13. The van der Waals surface area contributed by atoms with Crippen molar-refractivity contribution in [3.8, 4) is 0 Å². The van der Waals surface area contributed by atoms with Crippen LogP contribution in [0.3, 0.4) is 0 Å². The van der Waals surface area contributed by atoms with Crippen LogP contribution in [0.25, 0.3) is 10.9 Å². The van der Waals surface area contributed by atoms with Crippen molar-refractivity contribution in [3.63, 3.8) is 0 Å². The van der Waals surface area contributed by atoms with E-state index in [-0.39, 0.29) is 5.91 Å². The highest BCUT2D eigenvalue weighted by molar-refractivity contribution is 5.86. The van der Waals surface area contributed by atoms with Gasteiger partial charge in [-0.3, -0.25) is 4.79 Å². The zero-order valence-electron chi connectivity index (χ0n) is 12.8. The SMILES string of the molecule is COC(C)(C)CNC(=O)C(N)Cc1c[nH]c2ccccc12. The lowest BCUT2D eigenvalue weighted by atomic mass is 10.0. The number of rotatable bonds is 6. The smallest absolute Gasteiger partial charge is 0.237 e. The molecule has 1 amide bonds. The molecule has 0 radical (unpaired) electrons. The minimum Gasteiger partial charge on any atom is -0.377 e. The summed E-state index contributed by atoms with van der Waals surface area (Å²) in [4.78, 5) is 15.3. The van der Waals surface area contributed by atoms with Crippen LogP contribution in [0.5, 0.6) is 0 Å². The average molecular weight is 289 g/mol. The number of carbonyl (C=O) groups excluding carboxylic acids is 1. The first kappa shape index (κ1) is 15.5. The molecule has 1 unspecified atom stereocenters. The molecule has 0 saturated heterocycles. The minimum atomic E-state index is -0.572. The molecule has 5 nitrogen and oxygen atoms in total. The second kappa shape index (κ2) is 6.28. The van der Waals surface area contributed by atoms with Crippen molar-refractivity contribution in [2.75, 3.05) is 13.7 Å². The molecular weight excluding hydrogens is 266 g/mol. The van der Waals surface area contributed by atoms with E-state index in [0.29, 0.717) is 13.0 Å². The molecule has 0 spiro atoms. The molecule has 5 heteroatoms. The largest absolute Gasteiger partial charge is 0.377 e. The number of amides is 1. The number of nitrogens with two attached hydrogens (primary N) is 1. The van der Waals surface area contributed by atoms with Gasteiger partial charge in [0.25, 0.3) is 0 Å². The zero-order chi connectivity index (χ0) is 15.5. The number of H-pyrrole nitrogens is 1. The molecule has 0 aliphatic heterocycles. The fourth-order valence-electron chi connectivity index (χ4n) is 2.13. The first-order chi connectivity index (χ1) is 9.93. The van der Waals surface area contributed by atoms with Gasteiger partial charge in [-0.2, -0.15) is 0 Å². The molecule has 1 aromatic carbocycles. The Labute approximate surface area is 124 Å². The molecule has 0 aliphatic rings. The fraction of sp³-hybridized carbons (Fsp3) is 0.438. The third-order valence-electron chi connectivity index (χ3n) is 3.69. The summed E-state index contributed by atoms with van der Waals surface area (Å²) >= 11 is 0. The number of aromatic nitrogens is 1. The van der Waals surface area contributed by atoms with Crippen molar-refractivity contribution in [2.24, 2.45) is 5.73 Å². The number of hydrogen-bond acceptors (Lipinski definition) is 3. The molecule has 1 atom stereocenters. The molecule has 0 bridgehead atoms. The Bertz CT molecular complexity index is 619. The lowest BCUT2D eigenvalue weighted by molar-refractivity contribution is -0.123. The van der Waals surface area contributed by atoms with Crippen molar-refractivity contribution < 1.29 is 9.53 Å². The second-order valence-electron chi connectivity index (χ2n) is 5.85. The standard InChI is InChI=1S/C16H23N3O2/c1-16(2,21-3)10-19-15(20)13(17)8-11-9-18-14-7-5-4-6-12(11)14/h4-7,9,13,18H,8,10,17H2,1-3H3,(H,19,20). The summed E-state index contributed by atoms with van der Waals surface area (Å²) in [7, 11) is 1.62. The van der Waals surface area contributed by atoms with Gasteiger partial charge in [-0.1, -0.05) is 18.2 Å². The summed E-state index contributed by atoms with van der Waals surface area (Å²) < 4.78 is 5.27. The topological polar surface area (TPSA) is 80.1 Å². The van der Waals surface area contributed by atoms with Gasteiger partial charge in [-0.25, -0.2) is 0 Å². The van der Waals surface area contributed by atoms with E-state index in [9.17, 15) is 4.79 Å². The Kier molecular flexibility index (Phi) is 4.65. The average Bonchev–Trinajstić information content (AvgIpc) is 2.88. The van der Waals surface area contributed by atoms with Crippen LogP contribution < -0.4 is 11.1 Å². The maximum atomic E-state index is 12.1. The predicted molar refractivity (Wildman–Crippen MR) is 84.1 cm³/mol. The Morgan fingerprint density at radius 1 is 1.43 bits per heavy atom. The number of fused-ring (bicyclic) bond motifs is 1. The van der Waals surface area contributed by atoms with Crippen molar-refractivity contribution in [2.45, 2.75) is 31.9 Å². The molecule has 1 aromatic heterocycles. The summed E-state index contributed by atoms with van der Waals surface area (Å²) in [6.07, 6.45) is 2.42. The number of carbonyl (C=O) groups is 1. The van der Waals surface area contributed by atoms with Gasteiger partial charge in [0.15, 0.2) is 0 Å². The van der Waals surface area contributed by atoms with Crippen molar-refractivity contribution in [3.05, 3.63) is 36.0 Å². The van der Waals surface area contributed by atoms with Crippen LogP contribution in [0.2, 0.25) is 0 Å². The number of benzene rings is 1. The van der Waals surface area contributed by atoms with Crippen LogP contribution in [0, 0.1) is 0 Å². The number of para-hydroxylation sites is 1. The Morgan fingerprint density at radius 2 is 2.14 bits per heavy atom. The van der Waals surface area contributed by atoms with Gasteiger partial charge in [0.1, 0.15) is 0 Å². The Hall–Kier alpha value is -1.85. The van der Waals surface area contributed by atoms with Gasteiger partial charge < -0.3 is 20.8 Å². The van der Waals surface area contributed by atoms with E-state index < -0.39 is 11.6 Å². The first-order valence-electron chi connectivity index (χ1n) is 7.06. The highest BCUT2D eigenvalue weighted by atomic mass is 16.5. The number of hydrogen-bond donors (Lipinski definition) is 3. The van der Waals surface area contributed by atoms with E-state index in [1.54, 1.807) is 7.11 Å². The summed E-state index contributed by atoms with van der Waals surface area (Å²) in [6, 6.07) is 7.41. The molecule has 0 saturated carbocycles. The van der Waals surface area contributed by atoms with E-state index >= 15 is 0 Å². The van der Waals surface area contributed by atoms with Crippen LogP contribution in [0.4, 0.5) is 0 Å². The van der Waals surface area contributed by atoms with Gasteiger partial charge in [0.05, 0.1) is 11.6 Å². The van der Waals surface area contributed by atoms with E-state index in [1.807, 2.05) is 44.3 Å². The van der Waals surface area contributed by atoms with Crippen molar-refractivity contribution >= 4 is 16.8 Å². The van der Waals surface area contributed by atoms with Gasteiger partial charge in [-0.15, -0.1) is 0 Å². The summed E-state index contributed by atoms with van der Waals surface area (Å²) in [5, 5.41) is 3.94. The van der Waals surface area contributed by atoms with E-state index in [2.05, 4.69) is 10.3 Å². The van der Waals surface area contributed by atoms with Gasteiger partial charge in [0, 0.05) is 30.8 Å². The van der Waals surface area contributed by atoms with Crippen LogP contribution >= 0.6 is 0 Å². The second-order valence-corrected chi connectivity index (χ2v) is 5.85. The van der Waals surface area contributed by atoms with Crippen LogP contribution in [-0.2, 0) is 16.0 Å². The third-order valence-corrected chi connectivity index (χ3v) is 3.69. The van der Waals surface area contributed by atoms with Crippen LogP contribution in [-0.4, -0.2) is 36.2 Å². The zero-order valence-corrected chi connectivity index (χ0v) is 12.8. The highest BCUT2D eigenvalue weighted by Crippen LogP contribution is 2.18. The van der Waals surface area contributed by atoms with Crippen LogP contribution in [0.15, 0.2) is 30.5 Å². The van der Waals surface area contributed by atoms with Crippen molar-refractivity contribution in [1.29, 1.82) is 0 Å². The minimum absolute atomic E-state index is 0.162. The summed E-state index contributed by atoms with van der Waals surface area (Å²) in [5.41, 5.74) is 7.72. The van der Waals surface area contributed by atoms with E-state index in [0.717, 1.165) is 16.5 Å². The monoisotopic (exact) mass is 289 g/mol. The van der Waals surface area contributed by atoms with Gasteiger partial charge in [0.2, 0.25) is 5.91 Å². The van der Waals surface area contributed by atoms with Crippen molar-refractivity contribution in [1.82, 2.24) is 10.3 Å². The molecule has 4 N–H and O–H groups in total.